The van der Waals surface area contributed by atoms with Crippen molar-refractivity contribution in [1.82, 2.24) is 4.98 Å². The van der Waals surface area contributed by atoms with Crippen molar-refractivity contribution in [1.29, 1.82) is 0 Å². The van der Waals surface area contributed by atoms with Crippen molar-refractivity contribution >= 4 is 5.97 Å². The van der Waals surface area contributed by atoms with E-state index in [-0.39, 0.29) is 12.1 Å². The largest absolute Gasteiger partial charge is 0.465 e. The summed E-state index contributed by atoms with van der Waals surface area (Å²) in [5.74, 6) is 1.21. The Kier molecular flexibility index (Phi) is 7.95. The number of benzene rings is 2. The van der Waals surface area contributed by atoms with Gasteiger partial charge in [-0.1, -0.05) is 62.4 Å². The van der Waals surface area contributed by atoms with E-state index in [1.807, 2.05) is 49.4 Å². The van der Waals surface area contributed by atoms with Crippen LogP contribution < -0.4 is 0 Å². The van der Waals surface area contributed by atoms with Crippen molar-refractivity contribution in [2.75, 3.05) is 7.11 Å². The van der Waals surface area contributed by atoms with Gasteiger partial charge in [0, 0.05) is 0 Å². The summed E-state index contributed by atoms with van der Waals surface area (Å²) in [6.07, 6.45) is 11.8. The third kappa shape index (κ3) is 5.91. The van der Waals surface area contributed by atoms with E-state index in [0.717, 1.165) is 46.8 Å². The van der Waals surface area contributed by atoms with Crippen molar-refractivity contribution in [2.45, 2.75) is 64.6 Å². The van der Waals surface area contributed by atoms with Gasteiger partial charge in [-0.05, 0) is 60.1 Å². The fourth-order valence-electron chi connectivity index (χ4n) is 4.82. The minimum absolute atomic E-state index is 0.128. The molecule has 1 unspecified atom stereocenters. The zero-order chi connectivity index (χ0) is 23.0. The zero-order valence-electron chi connectivity index (χ0n) is 19.6. The van der Waals surface area contributed by atoms with Gasteiger partial charge in [0.15, 0.2) is 12.2 Å². The molecule has 1 saturated carbocycles. The molecule has 0 saturated heterocycles. The molecule has 5 nitrogen and oxygen atoms in total. The molecule has 1 heterocycles. The van der Waals surface area contributed by atoms with Gasteiger partial charge < -0.3 is 13.9 Å². The van der Waals surface area contributed by atoms with Crippen LogP contribution >= 0.6 is 0 Å². The Balaban J connectivity index is 1.52. The number of hydrogen-bond donors (Lipinski definition) is 0. The molecule has 4 rings (SSSR count). The lowest BCUT2D eigenvalue weighted by Gasteiger charge is -2.23. The van der Waals surface area contributed by atoms with E-state index in [2.05, 4.69) is 4.98 Å². The predicted molar refractivity (Wildman–Crippen MR) is 128 cm³/mol. The highest BCUT2D eigenvalue weighted by Crippen LogP contribution is 2.33. The zero-order valence-corrected chi connectivity index (χ0v) is 19.6. The molecule has 1 aliphatic carbocycles. The first kappa shape index (κ1) is 23.2. The van der Waals surface area contributed by atoms with Crippen LogP contribution in [0.4, 0.5) is 0 Å². The third-order valence-electron chi connectivity index (χ3n) is 6.71. The van der Waals surface area contributed by atoms with E-state index in [4.69, 9.17) is 13.9 Å². The second-order valence-corrected chi connectivity index (χ2v) is 8.97. The van der Waals surface area contributed by atoms with Crippen molar-refractivity contribution in [3.63, 3.8) is 0 Å². The van der Waals surface area contributed by atoms with Crippen LogP contribution in [-0.4, -0.2) is 18.1 Å². The Bertz CT molecular complexity index is 1040. The number of nitrogens with zero attached hydrogens (tertiary/aromatic N) is 1. The fourth-order valence-corrected chi connectivity index (χ4v) is 4.82. The maximum absolute atomic E-state index is 12.4. The number of carbonyl (C=O) groups is 1. The van der Waals surface area contributed by atoms with Crippen molar-refractivity contribution in [3.8, 4) is 11.1 Å². The van der Waals surface area contributed by atoms with Crippen molar-refractivity contribution in [3.05, 3.63) is 77.5 Å². The molecule has 1 fully saturated rings. The number of aromatic nitrogens is 1. The Hall–Kier alpha value is -2.92. The first-order valence-electron chi connectivity index (χ1n) is 11.9. The standard InChI is InChI=1S/C28H33NO4/c1-20-8-6-7-11-23(20)25-16-22(12-14-24(25)28(30)31-2)18-32-26(27-17-29-19-33-27)15-13-21-9-4-3-5-10-21/h6-8,11-12,14,16-17,19,21,26H,3-5,9-10,13,15,18H2,1-2H3. The first-order chi connectivity index (χ1) is 16.2. The van der Waals surface area contributed by atoms with Gasteiger partial charge in [-0.25, -0.2) is 9.78 Å². The average molecular weight is 448 g/mol. The molecule has 0 aliphatic heterocycles. The van der Waals surface area contributed by atoms with Crippen molar-refractivity contribution < 1.29 is 18.7 Å². The highest BCUT2D eigenvalue weighted by molar-refractivity contribution is 5.97. The Morgan fingerprint density at radius 3 is 2.67 bits per heavy atom. The minimum Gasteiger partial charge on any atom is -0.465 e. The van der Waals surface area contributed by atoms with Crippen LogP contribution in [0.3, 0.4) is 0 Å². The topological polar surface area (TPSA) is 61.6 Å². The van der Waals surface area contributed by atoms with Crippen LogP contribution in [0.15, 0.2) is 59.5 Å². The summed E-state index contributed by atoms with van der Waals surface area (Å²) in [4.78, 5) is 16.5. The monoisotopic (exact) mass is 447 g/mol. The minimum atomic E-state index is -0.340. The normalized spacial score (nSPS) is 15.3. The number of ether oxygens (including phenoxy) is 2. The number of esters is 1. The molecule has 1 atom stereocenters. The predicted octanol–water partition coefficient (Wildman–Crippen LogP) is 7.06. The third-order valence-corrected chi connectivity index (χ3v) is 6.71. The molecule has 174 valence electrons. The second kappa shape index (κ2) is 11.3. The summed E-state index contributed by atoms with van der Waals surface area (Å²) in [5, 5.41) is 0. The van der Waals surface area contributed by atoms with Gasteiger partial charge in [0.05, 0.1) is 25.5 Å². The number of methoxy groups -OCH3 is 1. The average Bonchev–Trinajstić information content (AvgIpc) is 3.39. The number of hydrogen-bond acceptors (Lipinski definition) is 5. The summed E-state index contributed by atoms with van der Waals surface area (Å²) in [5.41, 5.74) is 4.54. The molecule has 0 N–H and O–H groups in total. The van der Waals surface area contributed by atoms with Crippen LogP contribution in [0.1, 0.15) is 78.3 Å². The molecule has 0 radical (unpaired) electrons. The van der Waals surface area contributed by atoms with Gasteiger partial charge in [0.1, 0.15) is 6.10 Å². The van der Waals surface area contributed by atoms with Crippen LogP contribution in [-0.2, 0) is 16.1 Å². The Morgan fingerprint density at radius 2 is 1.94 bits per heavy atom. The summed E-state index contributed by atoms with van der Waals surface area (Å²) in [6, 6.07) is 13.9. The van der Waals surface area contributed by atoms with Crippen LogP contribution in [0, 0.1) is 12.8 Å². The van der Waals surface area contributed by atoms with E-state index < -0.39 is 0 Å². The molecular formula is C28H33NO4. The van der Waals surface area contributed by atoms with E-state index in [1.165, 1.54) is 45.6 Å². The lowest BCUT2D eigenvalue weighted by molar-refractivity contribution is 0.0147. The smallest absolute Gasteiger partial charge is 0.338 e. The molecule has 33 heavy (non-hydrogen) atoms. The molecular weight excluding hydrogens is 414 g/mol. The number of rotatable bonds is 9. The number of oxazole rings is 1. The quantitative estimate of drug-likeness (QED) is 0.329. The van der Waals surface area contributed by atoms with Gasteiger partial charge in [0.25, 0.3) is 0 Å². The molecule has 2 aromatic carbocycles. The Morgan fingerprint density at radius 1 is 1.12 bits per heavy atom. The molecule has 0 amide bonds. The highest BCUT2D eigenvalue weighted by Gasteiger charge is 2.21. The molecule has 1 aromatic heterocycles. The summed E-state index contributed by atoms with van der Waals surface area (Å²) in [7, 11) is 1.41. The first-order valence-corrected chi connectivity index (χ1v) is 11.9. The highest BCUT2D eigenvalue weighted by atomic mass is 16.5. The summed E-state index contributed by atoms with van der Waals surface area (Å²) >= 11 is 0. The van der Waals surface area contributed by atoms with Gasteiger partial charge >= 0.3 is 5.97 Å². The lowest BCUT2D eigenvalue weighted by Crippen LogP contribution is -2.11. The maximum Gasteiger partial charge on any atom is 0.338 e. The van der Waals surface area contributed by atoms with Crippen LogP contribution in [0.5, 0.6) is 0 Å². The van der Waals surface area contributed by atoms with E-state index in [0.29, 0.717) is 12.2 Å². The van der Waals surface area contributed by atoms with Gasteiger partial charge in [-0.2, -0.15) is 0 Å². The van der Waals surface area contributed by atoms with Gasteiger partial charge in [-0.15, -0.1) is 0 Å². The summed E-state index contributed by atoms with van der Waals surface area (Å²) < 4.78 is 17.0. The van der Waals surface area contributed by atoms with Gasteiger partial charge in [-0.3, -0.25) is 0 Å². The molecule has 0 bridgehead atoms. The molecule has 0 spiro atoms. The molecule has 1 aliphatic rings. The van der Waals surface area contributed by atoms with E-state index >= 15 is 0 Å². The number of carbonyl (C=O) groups excluding carboxylic acids is 1. The van der Waals surface area contributed by atoms with Gasteiger partial charge in [0.2, 0.25) is 0 Å². The van der Waals surface area contributed by atoms with Crippen LogP contribution in [0.2, 0.25) is 0 Å². The Labute approximate surface area is 196 Å². The van der Waals surface area contributed by atoms with Crippen molar-refractivity contribution in [2.24, 2.45) is 5.92 Å². The fraction of sp³-hybridized carbons (Fsp3) is 0.429. The SMILES string of the molecule is COC(=O)c1ccc(COC(CCC2CCCCC2)c2cnco2)cc1-c1ccccc1C. The van der Waals surface area contributed by atoms with E-state index in [9.17, 15) is 4.79 Å². The number of aryl methyl sites for hydroxylation is 1. The van der Waals surface area contributed by atoms with Crippen LogP contribution in [0.25, 0.3) is 11.1 Å². The maximum atomic E-state index is 12.4. The lowest BCUT2D eigenvalue weighted by atomic mass is 9.85. The molecule has 5 heteroatoms. The second-order valence-electron chi connectivity index (χ2n) is 8.97. The summed E-state index contributed by atoms with van der Waals surface area (Å²) in [6.45, 7) is 2.47. The van der Waals surface area contributed by atoms with E-state index in [1.54, 1.807) is 6.20 Å². The molecule has 3 aromatic rings.